The Balaban J connectivity index is 1.60. The van der Waals surface area contributed by atoms with Gasteiger partial charge >= 0.3 is 0 Å². The summed E-state index contributed by atoms with van der Waals surface area (Å²) < 4.78 is 2.11. The Labute approximate surface area is 136 Å². The van der Waals surface area contributed by atoms with Gasteiger partial charge in [0, 0.05) is 51.0 Å². The highest BCUT2D eigenvalue weighted by Crippen LogP contribution is 2.08. The lowest BCUT2D eigenvalue weighted by Gasteiger charge is -2.21. The number of hydrogen-bond acceptors (Lipinski definition) is 4. The van der Waals surface area contributed by atoms with Crippen molar-refractivity contribution in [2.75, 3.05) is 6.54 Å². The predicted molar refractivity (Wildman–Crippen MR) is 89.4 cm³/mol. The number of aryl methyl sites for hydroxylation is 1. The molecule has 0 radical (unpaired) electrons. The third kappa shape index (κ3) is 5.00. The van der Waals surface area contributed by atoms with E-state index in [0.717, 1.165) is 44.0 Å². The van der Waals surface area contributed by atoms with E-state index in [9.17, 15) is 0 Å². The van der Waals surface area contributed by atoms with Crippen LogP contribution in [0.2, 0.25) is 0 Å². The fourth-order valence-corrected chi connectivity index (χ4v) is 2.55. The van der Waals surface area contributed by atoms with Gasteiger partial charge in [0.1, 0.15) is 0 Å². The highest BCUT2D eigenvalue weighted by molar-refractivity contribution is 5.06. The van der Waals surface area contributed by atoms with Crippen LogP contribution in [0.3, 0.4) is 0 Å². The van der Waals surface area contributed by atoms with E-state index < -0.39 is 0 Å². The summed E-state index contributed by atoms with van der Waals surface area (Å²) >= 11 is 0. The summed E-state index contributed by atoms with van der Waals surface area (Å²) in [7, 11) is 0. The van der Waals surface area contributed by atoms with Crippen LogP contribution in [0.15, 0.2) is 67.5 Å². The van der Waals surface area contributed by atoms with Gasteiger partial charge in [-0.1, -0.05) is 12.1 Å². The van der Waals surface area contributed by atoms with Crippen molar-refractivity contribution in [1.29, 1.82) is 0 Å². The quantitative estimate of drug-likeness (QED) is 0.642. The van der Waals surface area contributed by atoms with Crippen LogP contribution < -0.4 is 0 Å². The molecular weight excluding hydrogens is 286 g/mol. The highest BCUT2D eigenvalue weighted by Gasteiger charge is 2.08. The van der Waals surface area contributed by atoms with Gasteiger partial charge in [-0.15, -0.1) is 0 Å². The lowest BCUT2D eigenvalue weighted by atomic mass is 10.2. The number of rotatable bonds is 8. The molecule has 0 bridgehead atoms. The van der Waals surface area contributed by atoms with E-state index in [2.05, 4.69) is 36.6 Å². The molecule has 0 unspecified atom stereocenters. The van der Waals surface area contributed by atoms with Gasteiger partial charge in [-0.2, -0.15) is 0 Å². The average molecular weight is 307 g/mol. The molecule has 0 atom stereocenters. The van der Waals surface area contributed by atoms with E-state index in [1.807, 2.05) is 55.4 Å². The van der Waals surface area contributed by atoms with Crippen LogP contribution >= 0.6 is 0 Å². The molecule has 0 aliphatic rings. The molecule has 0 aromatic carbocycles. The summed E-state index contributed by atoms with van der Waals surface area (Å²) in [5.74, 6) is 0. The van der Waals surface area contributed by atoms with Gasteiger partial charge in [0.2, 0.25) is 0 Å². The Morgan fingerprint density at radius 3 is 2.09 bits per heavy atom. The van der Waals surface area contributed by atoms with Gasteiger partial charge in [0.25, 0.3) is 0 Å². The van der Waals surface area contributed by atoms with E-state index in [4.69, 9.17) is 0 Å². The normalized spacial score (nSPS) is 11.0. The van der Waals surface area contributed by atoms with Gasteiger partial charge < -0.3 is 4.57 Å². The molecule has 0 N–H and O–H groups in total. The minimum atomic E-state index is 0.835. The van der Waals surface area contributed by atoms with Gasteiger partial charge in [0.15, 0.2) is 0 Å². The maximum Gasteiger partial charge on any atom is 0.0945 e. The minimum absolute atomic E-state index is 0.835. The Morgan fingerprint density at radius 1 is 0.870 bits per heavy atom. The van der Waals surface area contributed by atoms with Crippen molar-refractivity contribution in [1.82, 2.24) is 24.4 Å². The van der Waals surface area contributed by atoms with E-state index in [0.29, 0.717) is 0 Å². The van der Waals surface area contributed by atoms with Crippen LogP contribution in [0.5, 0.6) is 0 Å². The van der Waals surface area contributed by atoms with Crippen LogP contribution in [-0.2, 0) is 19.6 Å². The average Bonchev–Trinajstić information content (AvgIpc) is 3.10. The first-order valence-electron chi connectivity index (χ1n) is 7.88. The molecule has 5 nitrogen and oxygen atoms in total. The summed E-state index contributed by atoms with van der Waals surface area (Å²) in [6.07, 6.45) is 10.4. The molecule has 5 heteroatoms. The fourth-order valence-electron chi connectivity index (χ4n) is 2.55. The molecule has 23 heavy (non-hydrogen) atoms. The number of pyridine rings is 2. The molecule has 0 amide bonds. The standard InChI is InChI=1S/C18H21N5/c1-3-8-20-17(6-1)14-23(15-18-7-2-4-9-21-18)12-5-11-22-13-10-19-16-22/h1-4,6-10,13,16H,5,11-12,14-15H2. The molecule has 0 saturated heterocycles. The first-order chi connectivity index (χ1) is 11.4. The summed E-state index contributed by atoms with van der Waals surface area (Å²) in [5, 5.41) is 0. The van der Waals surface area contributed by atoms with Gasteiger partial charge in [-0.3, -0.25) is 14.9 Å². The second-order valence-corrected chi connectivity index (χ2v) is 5.51. The second kappa shape index (κ2) is 8.19. The van der Waals surface area contributed by atoms with E-state index >= 15 is 0 Å². The summed E-state index contributed by atoms with van der Waals surface area (Å²) in [6.45, 7) is 3.63. The number of aromatic nitrogens is 4. The molecule has 0 saturated carbocycles. The monoisotopic (exact) mass is 307 g/mol. The largest absolute Gasteiger partial charge is 0.337 e. The highest BCUT2D eigenvalue weighted by atomic mass is 15.1. The molecule has 118 valence electrons. The summed E-state index contributed by atoms with van der Waals surface area (Å²) in [4.78, 5) is 15.4. The van der Waals surface area contributed by atoms with Crippen LogP contribution in [0.4, 0.5) is 0 Å². The zero-order chi connectivity index (χ0) is 15.7. The maximum absolute atomic E-state index is 4.44. The molecule has 3 rings (SSSR count). The van der Waals surface area contributed by atoms with Crippen molar-refractivity contribution >= 4 is 0 Å². The molecule has 0 spiro atoms. The predicted octanol–water partition coefficient (Wildman–Crippen LogP) is 2.77. The lowest BCUT2D eigenvalue weighted by molar-refractivity contribution is 0.243. The van der Waals surface area contributed by atoms with Crippen molar-refractivity contribution in [2.24, 2.45) is 0 Å². The Hall–Kier alpha value is -2.53. The van der Waals surface area contributed by atoms with Gasteiger partial charge in [-0.05, 0) is 30.7 Å². The van der Waals surface area contributed by atoms with E-state index in [1.165, 1.54) is 0 Å². The smallest absolute Gasteiger partial charge is 0.0945 e. The van der Waals surface area contributed by atoms with E-state index in [-0.39, 0.29) is 0 Å². The third-order valence-corrected chi connectivity index (χ3v) is 3.67. The fraction of sp³-hybridized carbons (Fsp3) is 0.278. The van der Waals surface area contributed by atoms with Crippen LogP contribution in [-0.4, -0.2) is 31.0 Å². The minimum Gasteiger partial charge on any atom is -0.337 e. The Kier molecular flexibility index (Phi) is 5.48. The summed E-state index contributed by atoms with van der Waals surface area (Å²) in [5.41, 5.74) is 2.18. The van der Waals surface area contributed by atoms with Gasteiger partial charge in [-0.25, -0.2) is 4.98 Å². The summed E-state index contributed by atoms with van der Waals surface area (Å²) in [6, 6.07) is 12.1. The van der Waals surface area contributed by atoms with Crippen LogP contribution in [0.25, 0.3) is 0 Å². The first-order valence-corrected chi connectivity index (χ1v) is 7.88. The van der Waals surface area contributed by atoms with Crippen molar-refractivity contribution in [3.8, 4) is 0 Å². The Bertz CT molecular complexity index is 626. The Morgan fingerprint density at radius 2 is 1.57 bits per heavy atom. The zero-order valence-electron chi connectivity index (χ0n) is 13.1. The van der Waals surface area contributed by atoms with Crippen molar-refractivity contribution in [2.45, 2.75) is 26.1 Å². The van der Waals surface area contributed by atoms with Crippen molar-refractivity contribution in [3.63, 3.8) is 0 Å². The maximum atomic E-state index is 4.44. The number of hydrogen-bond donors (Lipinski definition) is 0. The molecule has 0 aliphatic carbocycles. The second-order valence-electron chi connectivity index (χ2n) is 5.51. The molecule has 3 aromatic heterocycles. The molecule has 0 aliphatic heterocycles. The number of nitrogens with zero attached hydrogens (tertiary/aromatic N) is 5. The molecule has 0 fully saturated rings. The van der Waals surface area contributed by atoms with Gasteiger partial charge in [0.05, 0.1) is 17.7 Å². The molecular formula is C18H21N5. The number of imidazole rings is 1. The topological polar surface area (TPSA) is 46.8 Å². The first kappa shape index (κ1) is 15.4. The molecule has 3 heterocycles. The van der Waals surface area contributed by atoms with Crippen molar-refractivity contribution in [3.05, 3.63) is 78.9 Å². The van der Waals surface area contributed by atoms with Crippen LogP contribution in [0, 0.1) is 0 Å². The zero-order valence-corrected chi connectivity index (χ0v) is 13.1. The SMILES string of the molecule is c1ccc(CN(CCCn2ccnc2)Cc2ccccn2)nc1. The third-order valence-electron chi connectivity index (χ3n) is 3.67. The lowest BCUT2D eigenvalue weighted by Crippen LogP contribution is -2.25. The van der Waals surface area contributed by atoms with Crippen molar-refractivity contribution < 1.29 is 0 Å². The van der Waals surface area contributed by atoms with E-state index in [1.54, 1.807) is 0 Å². The molecule has 3 aromatic rings. The van der Waals surface area contributed by atoms with Crippen LogP contribution in [0.1, 0.15) is 17.8 Å².